The lowest BCUT2D eigenvalue weighted by molar-refractivity contribution is -0.117. The Bertz CT molecular complexity index is 1610. The minimum atomic E-state index is -0.698. The van der Waals surface area contributed by atoms with Crippen LogP contribution in [0, 0.1) is 11.7 Å². The number of rotatable bonds is 8. The Morgan fingerprint density at radius 2 is 1.92 bits per heavy atom. The molecule has 0 aliphatic carbocycles. The van der Waals surface area contributed by atoms with Gasteiger partial charge < -0.3 is 10.6 Å². The third-order valence-corrected chi connectivity index (χ3v) is 5.46. The predicted molar refractivity (Wildman–Crippen MR) is 134 cm³/mol. The molecule has 36 heavy (non-hydrogen) atoms. The highest BCUT2D eigenvalue weighted by Gasteiger charge is 2.20. The number of allylic oxidation sites excluding steroid dienone is 1. The minimum absolute atomic E-state index is 0.0177. The molecule has 0 aliphatic heterocycles. The smallest absolute Gasteiger partial charge is 0.352 e. The number of fused-ring (bicyclic) bond motifs is 3. The first kappa shape index (κ1) is 24.6. The van der Waals surface area contributed by atoms with Crippen molar-refractivity contribution in [3.05, 3.63) is 87.3 Å². The third-order valence-electron chi connectivity index (χ3n) is 5.46. The monoisotopic (exact) mass is 492 g/mol. The summed E-state index contributed by atoms with van der Waals surface area (Å²) in [5, 5.41) is 9.61. The molecule has 0 unspecified atom stereocenters. The Morgan fingerprint density at radius 3 is 2.61 bits per heavy atom. The number of anilines is 1. The lowest BCUT2D eigenvalue weighted by Gasteiger charge is -2.10. The number of para-hydroxylation sites is 1. The molecule has 2 aromatic heterocycles. The summed E-state index contributed by atoms with van der Waals surface area (Å²) in [6.45, 7) is 7.58. The van der Waals surface area contributed by atoms with E-state index in [-0.39, 0.29) is 46.3 Å². The second-order valence-corrected chi connectivity index (χ2v) is 8.64. The molecular weight excluding hydrogens is 467 g/mol. The summed E-state index contributed by atoms with van der Waals surface area (Å²) in [7, 11) is 0. The highest BCUT2D eigenvalue weighted by atomic mass is 19.1. The van der Waals surface area contributed by atoms with E-state index < -0.39 is 29.5 Å². The molecule has 186 valence electrons. The number of hydrogen-bond donors (Lipinski definition) is 2. The molecule has 4 aromatic rings. The number of carbonyl (C=O) groups excluding carboxylic acids is 2. The molecule has 4 rings (SSSR count). The van der Waals surface area contributed by atoms with E-state index in [9.17, 15) is 23.6 Å². The molecule has 2 N–H and O–H groups in total. The maximum absolute atomic E-state index is 13.9. The first-order valence-corrected chi connectivity index (χ1v) is 11.3. The maximum atomic E-state index is 13.9. The number of nitrogens with zero attached hydrogens (tertiary/aromatic N) is 4. The number of benzene rings is 2. The van der Waals surface area contributed by atoms with Crippen LogP contribution in [-0.2, 0) is 17.9 Å². The Labute approximate surface area is 204 Å². The van der Waals surface area contributed by atoms with Crippen molar-refractivity contribution in [3.63, 3.8) is 0 Å². The largest absolute Gasteiger partial charge is 0.352 e. The quantitative estimate of drug-likeness (QED) is 0.366. The van der Waals surface area contributed by atoms with Gasteiger partial charge in [-0.3, -0.25) is 19.0 Å². The fourth-order valence-electron chi connectivity index (χ4n) is 3.74. The zero-order chi connectivity index (χ0) is 26.0. The summed E-state index contributed by atoms with van der Waals surface area (Å²) in [5.74, 6) is -1.43. The fraction of sp³-hybridized carbons (Fsp3) is 0.240. The summed E-state index contributed by atoms with van der Waals surface area (Å²) in [4.78, 5) is 51.7. The topological polar surface area (TPSA) is 120 Å². The normalized spacial score (nSPS) is 11.2. The minimum Gasteiger partial charge on any atom is -0.352 e. The van der Waals surface area contributed by atoms with Gasteiger partial charge in [-0.25, -0.2) is 18.3 Å². The van der Waals surface area contributed by atoms with Crippen molar-refractivity contribution in [1.29, 1.82) is 0 Å². The van der Waals surface area contributed by atoms with Gasteiger partial charge in [0.15, 0.2) is 0 Å². The van der Waals surface area contributed by atoms with Crippen LogP contribution >= 0.6 is 0 Å². The molecule has 0 spiro atoms. The van der Waals surface area contributed by atoms with Crippen LogP contribution in [0.5, 0.6) is 0 Å². The number of halogens is 1. The zero-order valence-corrected chi connectivity index (χ0v) is 19.8. The van der Waals surface area contributed by atoms with Crippen molar-refractivity contribution >= 4 is 34.2 Å². The van der Waals surface area contributed by atoms with E-state index in [4.69, 9.17) is 0 Å². The van der Waals surface area contributed by atoms with Gasteiger partial charge in [-0.1, -0.05) is 32.1 Å². The molecule has 0 aliphatic rings. The van der Waals surface area contributed by atoms with E-state index in [0.29, 0.717) is 6.54 Å². The van der Waals surface area contributed by atoms with Gasteiger partial charge in [0, 0.05) is 18.7 Å². The number of nitrogens with one attached hydrogen (secondary N) is 2. The van der Waals surface area contributed by atoms with Gasteiger partial charge in [0.25, 0.3) is 11.5 Å². The number of amides is 2. The lowest BCUT2D eigenvalue weighted by Crippen LogP contribution is -2.30. The third kappa shape index (κ3) is 4.67. The molecule has 10 nitrogen and oxygen atoms in total. The van der Waals surface area contributed by atoms with Crippen LogP contribution in [0.1, 0.15) is 24.2 Å². The van der Waals surface area contributed by atoms with Crippen LogP contribution in [0.25, 0.3) is 16.7 Å². The summed E-state index contributed by atoms with van der Waals surface area (Å²) in [6.07, 6.45) is 1.48. The van der Waals surface area contributed by atoms with Crippen molar-refractivity contribution in [1.82, 2.24) is 24.1 Å². The van der Waals surface area contributed by atoms with E-state index in [1.54, 1.807) is 6.07 Å². The van der Waals surface area contributed by atoms with Gasteiger partial charge in [-0.05, 0) is 36.2 Å². The Balaban J connectivity index is 1.82. The van der Waals surface area contributed by atoms with Gasteiger partial charge >= 0.3 is 5.69 Å². The van der Waals surface area contributed by atoms with Crippen LogP contribution in [0.2, 0.25) is 0 Å². The standard InChI is InChI=1S/C25H25FN6O4/c1-4-11-30-23(35)17-10-9-16(22(34)27-13-15(2)3)12-20(17)32-24(30)29-31(25(32)36)14-21(33)28-19-8-6-5-7-18(19)26/h4-10,12,15H,1,11,13-14H2,2-3H3,(H,27,34)(H,28,33). The van der Waals surface area contributed by atoms with Crippen molar-refractivity contribution in [2.75, 3.05) is 11.9 Å². The van der Waals surface area contributed by atoms with E-state index in [1.807, 2.05) is 13.8 Å². The summed E-state index contributed by atoms with van der Waals surface area (Å²) >= 11 is 0. The highest BCUT2D eigenvalue weighted by molar-refractivity contribution is 5.98. The Morgan fingerprint density at radius 1 is 1.17 bits per heavy atom. The van der Waals surface area contributed by atoms with E-state index >= 15 is 0 Å². The zero-order valence-electron chi connectivity index (χ0n) is 19.8. The molecule has 0 bridgehead atoms. The average Bonchev–Trinajstić information content (AvgIpc) is 3.16. The van der Waals surface area contributed by atoms with Gasteiger partial charge in [-0.2, -0.15) is 0 Å². The average molecular weight is 493 g/mol. The molecule has 11 heteroatoms. The van der Waals surface area contributed by atoms with Crippen molar-refractivity contribution in [3.8, 4) is 0 Å². The summed E-state index contributed by atoms with van der Waals surface area (Å²) in [5.41, 5.74) is -0.721. The SMILES string of the molecule is C=CCn1c(=O)c2ccc(C(=O)NCC(C)C)cc2n2c(=O)n(CC(=O)Nc3ccccc3F)nc12. The second-order valence-electron chi connectivity index (χ2n) is 8.64. The van der Waals surface area contributed by atoms with Crippen LogP contribution in [-0.4, -0.2) is 37.1 Å². The number of aromatic nitrogens is 4. The Kier molecular flexibility index (Phi) is 6.82. The van der Waals surface area contributed by atoms with Gasteiger partial charge in [-0.15, -0.1) is 11.7 Å². The summed E-state index contributed by atoms with van der Waals surface area (Å²) < 4.78 is 17.2. The van der Waals surface area contributed by atoms with E-state index in [1.165, 1.54) is 51.4 Å². The molecule has 0 saturated heterocycles. The van der Waals surface area contributed by atoms with Crippen LogP contribution in [0.15, 0.2) is 64.7 Å². The van der Waals surface area contributed by atoms with Crippen LogP contribution in [0.4, 0.5) is 10.1 Å². The molecule has 0 radical (unpaired) electrons. The first-order valence-electron chi connectivity index (χ1n) is 11.3. The predicted octanol–water partition coefficient (Wildman–Crippen LogP) is 2.16. The Hall–Kier alpha value is -4.54. The second kappa shape index (κ2) is 9.98. The molecule has 2 heterocycles. The maximum Gasteiger partial charge on any atom is 0.352 e. The van der Waals surface area contributed by atoms with Crippen LogP contribution in [0.3, 0.4) is 0 Å². The lowest BCUT2D eigenvalue weighted by atomic mass is 10.1. The van der Waals surface area contributed by atoms with Gasteiger partial charge in [0.05, 0.1) is 16.6 Å². The molecule has 0 fully saturated rings. The molecule has 2 aromatic carbocycles. The molecule has 2 amide bonds. The molecule has 0 atom stereocenters. The molecule has 0 saturated carbocycles. The van der Waals surface area contributed by atoms with Crippen molar-refractivity contribution in [2.45, 2.75) is 26.9 Å². The van der Waals surface area contributed by atoms with Gasteiger partial charge in [0.2, 0.25) is 11.7 Å². The first-order chi connectivity index (χ1) is 17.2. The van der Waals surface area contributed by atoms with E-state index in [2.05, 4.69) is 22.3 Å². The van der Waals surface area contributed by atoms with Crippen LogP contribution < -0.4 is 21.9 Å². The molecular formula is C25H25FN6O4. The van der Waals surface area contributed by atoms with Gasteiger partial charge in [0.1, 0.15) is 12.4 Å². The van der Waals surface area contributed by atoms with Crippen molar-refractivity contribution < 1.29 is 14.0 Å². The number of hydrogen-bond acceptors (Lipinski definition) is 5. The number of carbonyl (C=O) groups is 2. The van der Waals surface area contributed by atoms with E-state index in [0.717, 1.165) is 4.68 Å². The fourth-order valence-corrected chi connectivity index (χ4v) is 3.74. The highest BCUT2D eigenvalue weighted by Crippen LogP contribution is 2.15. The summed E-state index contributed by atoms with van der Waals surface area (Å²) in [6, 6.07) is 10.1. The van der Waals surface area contributed by atoms with Crippen molar-refractivity contribution in [2.24, 2.45) is 5.92 Å².